The minimum Gasteiger partial charge on any atom is -0.466 e. The number of hydrogen-bond acceptors (Lipinski definition) is 5. The first-order valence-electron chi connectivity index (χ1n) is 6.82. The molecule has 5 heteroatoms. The molecule has 1 aromatic carbocycles. The van der Waals surface area contributed by atoms with E-state index in [2.05, 4.69) is 4.90 Å². The fraction of sp³-hybridized carbons (Fsp3) is 0.467. The van der Waals surface area contributed by atoms with Crippen LogP contribution >= 0.6 is 0 Å². The highest BCUT2D eigenvalue weighted by Crippen LogP contribution is 2.17. The fourth-order valence-corrected chi connectivity index (χ4v) is 2.12. The van der Waals surface area contributed by atoms with Crippen molar-refractivity contribution in [3.05, 3.63) is 29.8 Å². The SMILES string of the molecule is CCOC(=O)CC(=O)c1ccc(N2CCOCC2)cc1. The number of ether oxygens (including phenoxy) is 2. The Morgan fingerprint density at radius 1 is 1.20 bits per heavy atom. The normalized spacial score (nSPS) is 14.9. The zero-order valence-electron chi connectivity index (χ0n) is 11.6. The minimum atomic E-state index is -0.477. The number of Topliss-reactive ketones (excluding diaryl/α,β-unsaturated/α-hetero) is 1. The van der Waals surface area contributed by atoms with Gasteiger partial charge >= 0.3 is 5.97 Å². The number of carbonyl (C=O) groups excluding carboxylic acids is 2. The Morgan fingerprint density at radius 2 is 1.85 bits per heavy atom. The standard InChI is InChI=1S/C15H19NO4/c1-2-20-15(18)11-14(17)12-3-5-13(6-4-12)16-7-9-19-10-8-16/h3-6H,2,7-11H2,1H3. The molecule has 20 heavy (non-hydrogen) atoms. The molecule has 1 heterocycles. The maximum absolute atomic E-state index is 11.9. The molecule has 2 rings (SSSR count). The van der Waals surface area contributed by atoms with Crippen LogP contribution in [-0.2, 0) is 14.3 Å². The summed E-state index contributed by atoms with van der Waals surface area (Å²) in [6, 6.07) is 7.33. The van der Waals surface area contributed by atoms with Crippen LogP contribution < -0.4 is 4.90 Å². The number of ketones is 1. The monoisotopic (exact) mass is 277 g/mol. The van der Waals surface area contributed by atoms with Crippen molar-refractivity contribution in [3.63, 3.8) is 0 Å². The molecule has 0 N–H and O–H groups in total. The molecular formula is C15H19NO4. The van der Waals surface area contributed by atoms with Crippen molar-refractivity contribution in [1.29, 1.82) is 0 Å². The molecule has 0 atom stereocenters. The highest BCUT2D eigenvalue weighted by molar-refractivity contribution is 6.06. The average molecular weight is 277 g/mol. The summed E-state index contributed by atoms with van der Waals surface area (Å²) in [6.45, 7) is 5.18. The lowest BCUT2D eigenvalue weighted by Gasteiger charge is -2.28. The van der Waals surface area contributed by atoms with Crippen molar-refractivity contribution < 1.29 is 19.1 Å². The van der Waals surface area contributed by atoms with Crippen molar-refractivity contribution in [1.82, 2.24) is 0 Å². The Kier molecular flexibility index (Phi) is 5.12. The second-order valence-electron chi connectivity index (χ2n) is 4.55. The summed E-state index contributed by atoms with van der Waals surface area (Å²) in [5.74, 6) is -0.688. The van der Waals surface area contributed by atoms with Gasteiger partial charge < -0.3 is 14.4 Å². The zero-order chi connectivity index (χ0) is 14.4. The average Bonchev–Trinajstić information content (AvgIpc) is 2.48. The first-order chi connectivity index (χ1) is 9.70. The Bertz CT molecular complexity index is 463. The lowest BCUT2D eigenvalue weighted by Crippen LogP contribution is -2.36. The van der Waals surface area contributed by atoms with E-state index in [9.17, 15) is 9.59 Å². The third kappa shape index (κ3) is 3.81. The summed E-state index contributed by atoms with van der Waals surface area (Å²) in [5.41, 5.74) is 1.61. The van der Waals surface area contributed by atoms with Gasteiger partial charge in [0.1, 0.15) is 6.42 Å². The molecule has 0 radical (unpaired) electrons. The summed E-state index contributed by atoms with van der Waals surface area (Å²) in [5, 5.41) is 0. The Labute approximate surface area is 118 Å². The largest absolute Gasteiger partial charge is 0.466 e. The third-order valence-corrected chi connectivity index (χ3v) is 3.18. The Hall–Kier alpha value is -1.88. The molecule has 1 fully saturated rings. The van der Waals surface area contributed by atoms with Crippen molar-refractivity contribution in [2.45, 2.75) is 13.3 Å². The summed E-state index contributed by atoms with van der Waals surface area (Å²) >= 11 is 0. The minimum absolute atomic E-state index is 0.204. The molecule has 0 unspecified atom stereocenters. The summed E-state index contributed by atoms with van der Waals surface area (Å²) in [7, 11) is 0. The van der Waals surface area contributed by atoms with Crippen molar-refractivity contribution >= 4 is 17.4 Å². The molecule has 5 nitrogen and oxygen atoms in total. The van der Waals surface area contributed by atoms with Crippen LogP contribution in [0.3, 0.4) is 0 Å². The van der Waals surface area contributed by atoms with E-state index in [1.165, 1.54) is 0 Å². The summed E-state index contributed by atoms with van der Waals surface area (Å²) in [6.07, 6.45) is -0.204. The van der Waals surface area contributed by atoms with Crippen molar-refractivity contribution in [3.8, 4) is 0 Å². The molecule has 0 saturated carbocycles. The van der Waals surface area contributed by atoms with E-state index in [1.807, 2.05) is 12.1 Å². The molecule has 0 aromatic heterocycles. The first kappa shape index (κ1) is 14.5. The summed E-state index contributed by atoms with van der Waals surface area (Å²) < 4.78 is 10.1. The number of morpholine rings is 1. The summed E-state index contributed by atoms with van der Waals surface area (Å²) in [4.78, 5) is 25.4. The number of rotatable bonds is 5. The number of carbonyl (C=O) groups is 2. The van der Waals surface area contributed by atoms with Gasteiger partial charge in [-0.2, -0.15) is 0 Å². The van der Waals surface area contributed by atoms with E-state index in [0.717, 1.165) is 32.0 Å². The fourth-order valence-electron chi connectivity index (χ4n) is 2.12. The van der Waals surface area contributed by atoms with Gasteiger partial charge in [-0.1, -0.05) is 0 Å². The van der Waals surface area contributed by atoms with Gasteiger partial charge in [-0.05, 0) is 31.2 Å². The number of anilines is 1. The van der Waals surface area contributed by atoms with E-state index >= 15 is 0 Å². The van der Waals surface area contributed by atoms with Crippen molar-refractivity contribution in [2.75, 3.05) is 37.8 Å². The van der Waals surface area contributed by atoms with Crippen LogP contribution in [0.5, 0.6) is 0 Å². The predicted molar refractivity (Wildman–Crippen MR) is 75.1 cm³/mol. The van der Waals surface area contributed by atoms with E-state index in [-0.39, 0.29) is 12.2 Å². The maximum atomic E-state index is 11.9. The molecule has 0 bridgehead atoms. The molecule has 0 spiro atoms. The Balaban J connectivity index is 1.96. The van der Waals surface area contributed by atoms with Crippen LogP contribution in [0.15, 0.2) is 24.3 Å². The topological polar surface area (TPSA) is 55.8 Å². The van der Waals surface area contributed by atoms with Crippen LogP contribution in [0.1, 0.15) is 23.7 Å². The third-order valence-electron chi connectivity index (χ3n) is 3.18. The number of benzene rings is 1. The van der Waals surface area contributed by atoms with E-state index in [0.29, 0.717) is 12.2 Å². The van der Waals surface area contributed by atoms with Gasteiger partial charge in [-0.15, -0.1) is 0 Å². The van der Waals surface area contributed by atoms with Crippen molar-refractivity contribution in [2.24, 2.45) is 0 Å². The van der Waals surface area contributed by atoms with E-state index in [1.54, 1.807) is 19.1 Å². The highest BCUT2D eigenvalue weighted by atomic mass is 16.5. The molecule has 1 saturated heterocycles. The van der Waals surface area contributed by atoms with E-state index < -0.39 is 5.97 Å². The highest BCUT2D eigenvalue weighted by Gasteiger charge is 2.14. The van der Waals surface area contributed by atoms with Crippen LogP contribution in [0, 0.1) is 0 Å². The number of nitrogens with zero attached hydrogens (tertiary/aromatic N) is 1. The molecule has 1 aliphatic rings. The second-order valence-corrected chi connectivity index (χ2v) is 4.55. The lowest BCUT2D eigenvalue weighted by molar-refractivity contribution is -0.141. The van der Waals surface area contributed by atoms with Gasteiger partial charge in [0.2, 0.25) is 0 Å². The van der Waals surface area contributed by atoms with Crippen LogP contribution in [-0.4, -0.2) is 44.7 Å². The molecule has 0 aliphatic carbocycles. The predicted octanol–water partition coefficient (Wildman–Crippen LogP) is 1.66. The quantitative estimate of drug-likeness (QED) is 0.465. The van der Waals surface area contributed by atoms with Gasteiger partial charge in [0.05, 0.1) is 19.8 Å². The maximum Gasteiger partial charge on any atom is 0.313 e. The molecular weight excluding hydrogens is 258 g/mol. The van der Waals surface area contributed by atoms with Gasteiger partial charge in [-0.3, -0.25) is 9.59 Å². The van der Waals surface area contributed by atoms with Gasteiger partial charge in [0, 0.05) is 24.3 Å². The van der Waals surface area contributed by atoms with Crippen LogP contribution in [0.2, 0.25) is 0 Å². The smallest absolute Gasteiger partial charge is 0.313 e. The zero-order valence-corrected chi connectivity index (χ0v) is 11.6. The first-order valence-corrected chi connectivity index (χ1v) is 6.82. The Morgan fingerprint density at radius 3 is 2.45 bits per heavy atom. The van der Waals surface area contributed by atoms with Crippen LogP contribution in [0.4, 0.5) is 5.69 Å². The lowest BCUT2D eigenvalue weighted by atomic mass is 10.1. The molecule has 108 valence electrons. The number of esters is 1. The van der Waals surface area contributed by atoms with Gasteiger partial charge in [-0.25, -0.2) is 0 Å². The number of hydrogen-bond donors (Lipinski definition) is 0. The molecule has 1 aliphatic heterocycles. The second kappa shape index (κ2) is 7.05. The van der Waals surface area contributed by atoms with Gasteiger partial charge in [0.15, 0.2) is 5.78 Å². The van der Waals surface area contributed by atoms with E-state index in [4.69, 9.17) is 9.47 Å². The molecule has 1 aromatic rings. The van der Waals surface area contributed by atoms with Gasteiger partial charge in [0.25, 0.3) is 0 Å². The van der Waals surface area contributed by atoms with Crippen LogP contribution in [0.25, 0.3) is 0 Å². The molecule has 0 amide bonds.